The van der Waals surface area contributed by atoms with E-state index in [1.807, 2.05) is 56.3 Å². The van der Waals surface area contributed by atoms with Gasteiger partial charge in [-0.3, -0.25) is 0 Å². The van der Waals surface area contributed by atoms with Crippen LogP contribution in [-0.2, 0) is 9.53 Å². The van der Waals surface area contributed by atoms with Crippen molar-refractivity contribution in [1.29, 1.82) is 0 Å². The number of ether oxygens (including phenoxy) is 1. The van der Waals surface area contributed by atoms with Crippen molar-refractivity contribution in [3.8, 4) is 0 Å². The number of anilines is 1. The molecule has 1 atom stereocenters. The fourth-order valence-corrected chi connectivity index (χ4v) is 3.06. The van der Waals surface area contributed by atoms with Gasteiger partial charge in [-0.05, 0) is 40.6 Å². The minimum Gasteiger partial charge on any atom is -0.460 e. The number of carbonyl (C=O) groups is 1. The minimum atomic E-state index is -0.455. The molecule has 2 aromatic carbocycles. The van der Waals surface area contributed by atoms with Gasteiger partial charge in [0.2, 0.25) is 5.95 Å². The predicted molar refractivity (Wildman–Crippen MR) is 92.8 cm³/mol. The standard InChI is InChI=1S/C18H17N5O2/c1-11(2)25-17(24)15-10-19-18-20-21-22-23(18)16(15)14-9-5-7-12-6-3-4-8-13(12)14/h3-11,16H,1-2H3,(H,19,20,22). The largest absolute Gasteiger partial charge is 0.460 e. The Morgan fingerprint density at radius 3 is 2.84 bits per heavy atom. The summed E-state index contributed by atoms with van der Waals surface area (Å²) in [6.45, 7) is 3.65. The summed E-state index contributed by atoms with van der Waals surface area (Å²) in [5, 5.41) is 16.9. The minimum absolute atomic E-state index is 0.211. The summed E-state index contributed by atoms with van der Waals surface area (Å²) < 4.78 is 7.03. The van der Waals surface area contributed by atoms with E-state index in [0.717, 1.165) is 16.3 Å². The average Bonchev–Trinajstić information content (AvgIpc) is 3.08. The second-order valence-electron chi connectivity index (χ2n) is 6.12. The average molecular weight is 335 g/mol. The third-order valence-corrected chi connectivity index (χ3v) is 4.09. The number of tetrazole rings is 1. The Balaban J connectivity index is 1.89. The van der Waals surface area contributed by atoms with Crippen molar-refractivity contribution >= 4 is 22.7 Å². The number of nitrogens with zero attached hydrogens (tertiary/aromatic N) is 4. The summed E-state index contributed by atoms with van der Waals surface area (Å²) in [6.07, 6.45) is 1.42. The van der Waals surface area contributed by atoms with E-state index in [1.54, 1.807) is 10.9 Å². The highest BCUT2D eigenvalue weighted by Gasteiger charge is 2.33. The quantitative estimate of drug-likeness (QED) is 0.741. The second-order valence-corrected chi connectivity index (χ2v) is 6.12. The molecule has 2 heterocycles. The molecule has 4 rings (SSSR count). The van der Waals surface area contributed by atoms with Gasteiger partial charge in [0.15, 0.2) is 0 Å². The second kappa shape index (κ2) is 6.01. The highest BCUT2D eigenvalue weighted by molar-refractivity contribution is 5.94. The number of esters is 1. The van der Waals surface area contributed by atoms with Crippen molar-refractivity contribution in [3.63, 3.8) is 0 Å². The van der Waals surface area contributed by atoms with Gasteiger partial charge < -0.3 is 10.1 Å². The lowest BCUT2D eigenvalue weighted by Crippen LogP contribution is -2.28. The van der Waals surface area contributed by atoms with Crippen LogP contribution in [0.5, 0.6) is 0 Å². The molecule has 0 spiro atoms. The Hall–Kier alpha value is -3.22. The van der Waals surface area contributed by atoms with E-state index in [0.29, 0.717) is 11.5 Å². The first kappa shape index (κ1) is 15.3. The number of hydrogen-bond donors (Lipinski definition) is 1. The normalized spacial score (nSPS) is 16.3. The number of benzene rings is 2. The molecule has 0 saturated carbocycles. The molecule has 3 aromatic rings. The molecule has 1 aliphatic heterocycles. The molecule has 0 saturated heterocycles. The van der Waals surface area contributed by atoms with Crippen LogP contribution in [0.15, 0.2) is 54.2 Å². The van der Waals surface area contributed by atoms with E-state index in [1.165, 1.54) is 0 Å². The number of rotatable bonds is 3. The summed E-state index contributed by atoms with van der Waals surface area (Å²) in [5.41, 5.74) is 1.41. The Kier molecular flexibility index (Phi) is 3.68. The maximum Gasteiger partial charge on any atom is 0.338 e. The molecule has 0 aliphatic carbocycles. The third kappa shape index (κ3) is 2.63. The summed E-state index contributed by atoms with van der Waals surface area (Å²) in [6, 6.07) is 13.6. The zero-order valence-corrected chi connectivity index (χ0v) is 13.9. The van der Waals surface area contributed by atoms with Gasteiger partial charge >= 0.3 is 5.97 Å². The number of aromatic nitrogens is 4. The van der Waals surface area contributed by atoms with E-state index in [9.17, 15) is 4.79 Å². The molecule has 25 heavy (non-hydrogen) atoms. The predicted octanol–water partition coefficient (Wildman–Crippen LogP) is 2.68. The van der Waals surface area contributed by atoms with Gasteiger partial charge in [0, 0.05) is 6.20 Å². The van der Waals surface area contributed by atoms with E-state index >= 15 is 0 Å². The molecule has 7 heteroatoms. The van der Waals surface area contributed by atoms with Gasteiger partial charge in [0.25, 0.3) is 0 Å². The molecule has 1 unspecified atom stereocenters. The molecular weight excluding hydrogens is 318 g/mol. The van der Waals surface area contributed by atoms with E-state index in [-0.39, 0.29) is 12.1 Å². The number of hydrogen-bond acceptors (Lipinski definition) is 6. The first-order valence-corrected chi connectivity index (χ1v) is 8.08. The molecule has 126 valence electrons. The number of carbonyl (C=O) groups excluding carboxylic acids is 1. The highest BCUT2D eigenvalue weighted by atomic mass is 16.5. The summed E-state index contributed by atoms with van der Waals surface area (Å²) in [5.74, 6) is 0.0978. The van der Waals surface area contributed by atoms with Gasteiger partial charge in [0.05, 0.1) is 11.7 Å². The first-order valence-electron chi connectivity index (χ1n) is 8.08. The first-order chi connectivity index (χ1) is 12.1. The maximum atomic E-state index is 12.6. The van der Waals surface area contributed by atoms with E-state index < -0.39 is 6.04 Å². The molecular formula is C18H17N5O2. The summed E-state index contributed by atoms with van der Waals surface area (Å²) in [4.78, 5) is 12.6. The number of nitrogens with one attached hydrogen (secondary N) is 1. The lowest BCUT2D eigenvalue weighted by molar-refractivity contribution is -0.143. The molecule has 1 aliphatic rings. The zero-order chi connectivity index (χ0) is 17.4. The Morgan fingerprint density at radius 2 is 2.00 bits per heavy atom. The topological polar surface area (TPSA) is 81.9 Å². The van der Waals surface area contributed by atoms with Crippen LogP contribution >= 0.6 is 0 Å². The van der Waals surface area contributed by atoms with Crippen LogP contribution in [0.4, 0.5) is 5.95 Å². The van der Waals surface area contributed by atoms with Crippen LogP contribution in [0.25, 0.3) is 10.8 Å². The Bertz CT molecular complexity index is 971. The van der Waals surface area contributed by atoms with Gasteiger partial charge in [-0.2, -0.15) is 4.68 Å². The zero-order valence-electron chi connectivity index (χ0n) is 13.9. The third-order valence-electron chi connectivity index (χ3n) is 4.09. The number of fused-ring (bicyclic) bond motifs is 2. The fraction of sp³-hybridized carbons (Fsp3) is 0.222. The molecule has 0 bridgehead atoms. The lowest BCUT2D eigenvalue weighted by Gasteiger charge is -2.26. The summed E-state index contributed by atoms with van der Waals surface area (Å²) in [7, 11) is 0. The van der Waals surface area contributed by atoms with Crippen LogP contribution in [0, 0.1) is 0 Å². The molecule has 0 fully saturated rings. The molecule has 7 nitrogen and oxygen atoms in total. The van der Waals surface area contributed by atoms with E-state index in [4.69, 9.17) is 4.74 Å². The summed E-state index contributed by atoms with van der Waals surface area (Å²) >= 11 is 0. The van der Waals surface area contributed by atoms with Crippen LogP contribution < -0.4 is 5.32 Å². The van der Waals surface area contributed by atoms with Crippen molar-refractivity contribution < 1.29 is 9.53 Å². The molecule has 1 N–H and O–H groups in total. The molecule has 0 radical (unpaired) electrons. The van der Waals surface area contributed by atoms with Crippen LogP contribution in [0.2, 0.25) is 0 Å². The van der Waals surface area contributed by atoms with Crippen molar-refractivity contribution in [2.75, 3.05) is 5.32 Å². The van der Waals surface area contributed by atoms with E-state index in [2.05, 4.69) is 20.8 Å². The highest BCUT2D eigenvalue weighted by Crippen LogP contribution is 2.35. The van der Waals surface area contributed by atoms with Gasteiger partial charge in [-0.1, -0.05) is 47.6 Å². The smallest absolute Gasteiger partial charge is 0.338 e. The van der Waals surface area contributed by atoms with Crippen molar-refractivity contribution in [2.24, 2.45) is 0 Å². The van der Waals surface area contributed by atoms with Crippen LogP contribution in [0.1, 0.15) is 25.5 Å². The Morgan fingerprint density at radius 1 is 1.20 bits per heavy atom. The van der Waals surface area contributed by atoms with Gasteiger partial charge in [-0.15, -0.1) is 0 Å². The Labute approximate surface area is 144 Å². The fourth-order valence-electron chi connectivity index (χ4n) is 3.06. The maximum absolute atomic E-state index is 12.6. The van der Waals surface area contributed by atoms with Gasteiger partial charge in [-0.25, -0.2) is 4.79 Å². The monoisotopic (exact) mass is 335 g/mol. The van der Waals surface area contributed by atoms with Crippen molar-refractivity contribution in [1.82, 2.24) is 20.2 Å². The molecule has 1 aromatic heterocycles. The van der Waals surface area contributed by atoms with Crippen LogP contribution in [0.3, 0.4) is 0 Å². The SMILES string of the molecule is CC(C)OC(=O)C1=CNc2nnnn2C1c1cccc2ccccc12. The van der Waals surface area contributed by atoms with Crippen molar-refractivity contribution in [2.45, 2.75) is 26.0 Å². The lowest BCUT2D eigenvalue weighted by atomic mass is 9.93. The van der Waals surface area contributed by atoms with Crippen LogP contribution in [-0.4, -0.2) is 32.3 Å². The molecule has 0 amide bonds. The van der Waals surface area contributed by atoms with Gasteiger partial charge in [0.1, 0.15) is 6.04 Å². The van der Waals surface area contributed by atoms with Crippen molar-refractivity contribution in [3.05, 3.63) is 59.8 Å².